The highest BCUT2D eigenvalue weighted by molar-refractivity contribution is 5.92. The number of nitrogens with zero attached hydrogens (tertiary/aromatic N) is 1. The topological polar surface area (TPSA) is 132 Å². The predicted molar refractivity (Wildman–Crippen MR) is 125 cm³/mol. The summed E-state index contributed by atoms with van der Waals surface area (Å²) in [6, 6.07) is 15.2. The summed E-state index contributed by atoms with van der Waals surface area (Å²) in [5.41, 5.74) is 3.05. The zero-order valence-electron chi connectivity index (χ0n) is 18.9. The molecular weight excluding hydrogens is 438 g/mol. The molecule has 4 N–H and O–H groups in total. The maximum absolute atomic E-state index is 12.6. The van der Waals surface area contributed by atoms with Gasteiger partial charge in [-0.15, -0.1) is 0 Å². The first-order chi connectivity index (χ1) is 16.4. The van der Waals surface area contributed by atoms with Crippen molar-refractivity contribution in [2.45, 2.75) is 31.6 Å². The van der Waals surface area contributed by atoms with Crippen LogP contribution in [0, 0.1) is 5.41 Å². The van der Waals surface area contributed by atoms with E-state index < -0.39 is 24.0 Å². The van der Waals surface area contributed by atoms with E-state index in [1.807, 2.05) is 48.5 Å². The second-order valence-electron chi connectivity index (χ2n) is 7.81. The Hall–Kier alpha value is -3.69. The molecule has 3 rings (SSSR count). The van der Waals surface area contributed by atoms with Crippen molar-refractivity contribution in [1.82, 2.24) is 10.2 Å². The van der Waals surface area contributed by atoms with Gasteiger partial charge in [0.1, 0.15) is 5.75 Å². The number of allylic oxidation sites excluding steroid dienone is 1. The largest absolute Gasteiger partial charge is 0.496 e. The van der Waals surface area contributed by atoms with Crippen molar-refractivity contribution in [3.8, 4) is 5.75 Å². The average Bonchev–Trinajstić information content (AvgIpc) is 2.88. The summed E-state index contributed by atoms with van der Waals surface area (Å²) in [4.78, 5) is 26.2. The third-order valence-corrected chi connectivity index (χ3v) is 5.52. The van der Waals surface area contributed by atoms with E-state index in [0.717, 1.165) is 22.4 Å². The van der Waals surface area contributed by atoms with Crippen LogP contribution >= 0.6 is 0 Å². The molecule has 2 aromatic rings. The highest BCUT2D eigenvalue weighted by Crippen LogP contribution is 2.20. The second-order valence-corrected chi connectivity index (χ2v) is 7.81. The van der Waals surface area contributed by atoms with Gasteiger partial charge in [0, 0.05) is 13.1 Å². The molecule has 0 saturated carbocycles. The minimum atomic E-state index is -1.96. The van der Waals surface area contributed by atoms with E-state index in [0.29, 0.717) is 25.9 Å². The molecule has 0 aliphatic carbocycles. The van der Waals surface area contributed by atoms with Crippen molar-refractivity contribution in [2.24, 2.45) is 0 Å². The highest BCUT2D eigenvalue weighted by atomic mass is 16.5. The number of aliphatic hydroxyl groups is 2. The molecule has 1 heterocycles. The maximum atomic E-state index is 12.6. The van der Waals surface area contributed by atoms with Crippen LogP contribution < -0.4 is 10.1 Å². The minimum Gasteiger partial charge on any atom is -0.496 e. The molecule has 2 amide bonds. The van der Waals surface area contributed by atoms with Crippen LogP contribution in [0.4, 0.5) is 0 Å². The van der Waals surface area contributed by atoms with Gasteiger partial charge in [-0.2, -0.15) is 0 Å². The lowest BCUT2D eigenvalue weighted by Gasteiger charge is -2.31. The van der Waals surface area contributed by atoms with Crippen molar-refractivity contribution in [2.75, 3.05) is 20.2 Å². The Morgan fingerprint density at radius 2 is 1.82 bits per heavy atom. The molecule has 9 heteroatoms. The van der Waals surface area contributed by atoms with Crippen molar-refractivity contribution >= 4 is 17.7 Å². The molecule has 0 radical (unpaired) electrons. The molecule has 1 aliphatic heterocycles. The van der Waals surface area contributed by atoms with Gasteiger partial charge in [-0.3, -0.25) is 15.0 Å². The van der Waals surface area contributed by atoms with Gasteiger partial charge in [0.05, 0.1) is 19.9 Å². The lowest BCUT2D eigenvalue weighted by atomic mass is 9.99. The Morgan fingerprint density at radius 1 is 1.12 bits per heavy atom. The van der Waals surface area contributed by atoms with Gasteiger partial charge in [-0.05, 0) is 41.7 Å². The number of para-hydroxylation sites is 1. The maximum Gasteiger partial charge on any atom is 0.255 e. The molecule has 0 bridgehead atoms. The van der Waals surface area contributed by atoms with E-state index in [4.69, 9.17) is 14.9 Å². The molecule has 180 valence electrons. The van der Waals surface area contributed by atoms with E-state index in [2.05, 4.69) is 5.32 Å². The first-order valence-corrected chi connectivity index (χ1v) is 10.9. The first kappa shape index (κ1) is 24.9. The number of aliphatic hydroxyl groups excluding tert-OH is 2. The number of methoxy groups -OCH3 is 1. The van der Waals surface area contributed by atoms with Crippen molar-refractivity contribution < 1.29 is 29.3 Å². The van der Waals surface area contributed by atoms with Crippen LogP contribution in [-0.4, -0.2) is 65.2 Å². The zero-order chi connectivity index (χ0) is 24.5. The molecule has 34 heavy (non-hydrogen) atoms. The van der Waals surface area contributed by atoms with Gasteiger partial charge in [0.15, 0.2) is 12.2 Å². The first-order valence-electron chi connectivity index (χ1n) is 10.9. The standard InChI is InChI=1S/C25H29N3O6/c1-33-20-11-5-4-8-18(20)10-6-14-34-21(26)15-27-24(31)22(29)23(30)25(32)28-13-12-17-7-2-3-9-19(17)16-28/h2-9,11,14,22-23,26,29-30H,10,12-13,15-16H2,1H3,(H,27,31)/b14-6+,26-21?. The van der Waals surface area contributed by atoms with Crippen LogP contribution in [0.2, 0.25) is 0 Å². The van der Waals surface area contributed by atoms with Gasteiger partial charge >= 0.3 is 0 Å². The number of ether oxygens (including phenoxy) is 2. The van der Waals surface area contributed by atoms with Crippen LogP contribution in [0.3, 0.4) is 0 Å². The van der Waals surface area contributed by atoms with E-state index in [1.165, 1.54) is 11.2 Å². The second kappa shape index (κ2) is 12.0. The lowest BCUT2D eigenvalue weighted by molar-refractivity contribution is -0.153. The predicted octanol–water partition coefficient (Wildman–Crippen LogP) is 1.17. The van der Waals surface area contributed by atoms with E-state index in [1.54, 1.807) is 13.2 Å². The molecule has 0 aromatic heterocycles. The fraction of sp³-hybridized carbons (Fsp3) is 0.320. The minimum absolute atomic E-state index is 0.273. The number of fused-ring (bicyclic) bond motifs is 1. The molecule has 0 spiro atoms. The summed E-state index contributed by atoms with van der Waals surface area (Å²) >= 11 is 0. The number of hydrogen-bond donors (Lipinski definition) is 4. The van der Waals surface area contributed by atoms with Gasteiger partial charge < -0.3 is 29.9 Å². The smallest absolute Gasteiger partial charge is 0.255 e. The van der Waals surface area contributed by atoms with Crippen LogP contribution in [0.1, 0.15) is 16.7 Å². The van der Waals surface area contributed by atoms with Gasteiger partial charge in [0.25, 0.3) is 11.8 Å². The molecule has 0 fully saturated rings. The summed E-state index contributed by atoms with van der Waals surface area (Å²) in [6.07, 6.45) is 0.319. The summed E-state index contributed by atoms with van der Waals surface area (Å²) in [7, 11) is 1.59. The highest BCUT2D eigenvalue weighted by Gasteiger charge is 2.34. The SMILES string of the molecule is COc1ccccc1C/C=C/OC(=N)CNC(=O)C(O)C(O)C(=O)N1CCc2ccccc2C1. The number of nitrogens with one attached hydrogen (secondary N) is 2. The monoisotopic (exact) mass is 467 g/mol. The van der Waals surface area contributed by atoms with E-state index in [9.17, 15) is 19.8 Å². The molecule has 2 unspecified atom stereocenters. The Balaban J connectivity index is 1.42. The number of amides is 2. The zero-order valence-corrected chi connectivity index (χ0v) is 18.9. The van der Waals surface area contributed by atoms with Crippen LogP contribution in [0.25, 0.3) is 0 Å². The van der Waals surface area contributed by atoms with Gasteiger partial charge in [-0.1, -0.05) is 42.5 Å². The lowest BCUT2D eigenvalue weighted by Crippen LogP contribution is -2.52. The Bertz CT molecular complexity index is 1050. The molecular formula is C25H29N3O6. The number of hydrogen-bond acceptors (Lipinski definition) is 7. The van der Waals surface area contributed by atoms with Gasteiger partial charge in [0.2, 0.25) is 5.90 Å². The molecule has 2 atom stereocenters. The number of carbonyl (C=O) groups excluding carboxylic acids is 2. The Labute approximate surface area is 198 Å². The summed E-state index contributed by atoms with van der Waals surface area (Å²) in [5.74, 6) is -1.22. The van der Waals surface area contributed by atoms with Crippen molar-refractivity contribution in [1.29, 1.82) is 5.41 Å². The summed E-state index contributed by atoms with van der Waals surface area (Å²) in [5, 5.41) is 30.4. The van der Waals surface area contributed by atoms with E-state index in [-0.39, 0.29) is 12.4 Å². The Kier molecular flexibility index (Phi) is 8.78. The average molecular weight is 468 g/mol. The number of benzene rings is 2. The summed E-state index contributed by atoms with van der Waals surface area (Å²) in [6.45, 7) is 0.383. The number of rotatable bonds is 9. The third-order valence-electron chi connectivity index (χ3n) is 5.52. The normalized spacial score (nSPS) is 14.7. The summed E-state index contributed by atoms with van der Waals surface area (Å²) < 4.78 is 10.4. The van der Waals surface area contributed by atoms with Crippen LogP contribution in [-0.2, 0) is 33.7 Å². The fourth-order valence-electron chi connectivity index (χ4n) is 3.64. The quantitative estimate of drug-likeness (QED) is 0.249. The van der Waals surface area contributed by atoms with Crippen molar-refractivity contribution in [3.05, 3.63) is 77.6 Å². The van der Waals surface area contributed by atoms with Crippen LogP contribution in [0.5, 0.6) is 5.75 Å². The van der Waals surface area contributed by atoms with Gasteiger partial charge in [-0.25, -0.2) is 0 Å². The molecule has 9 nitrogen and oxygen atoms in total. The Morgan fingerprint density at radius 3 is 2.59 bits per heavy atom. The van der Waals surface area contributed by atoms with Crippen LogP contribution in [0.15, 0.2) is 60.9 Å². The molecule has 2 aromatic carbocycles. The fourth-order valence-corrected chi connectivity index (χ4v) is 3.64. The number of carbonyl (C=O) groups is 2. The molecule has 1 aliphatic rings. The van der Waals surface area contributed by atoms with Crippen molar-refractivity contribution in [3.63, 3.8) is 0 Å². The van der Waals surface area contributed by atoms with E-state index >= 15 is 0 Å². The third kappa shape index (κ3) is 6.43. The molecule has 0 saturated heterocycles.